The van der Waals surface area contributed by atoms with Crippen LogP contribution in [0.5, 0.6) is 6.01 Å². The lowest BCUT2D eigenvalue weighted by atomic mass is 9.95. The number of rotatable bonds is 5. The first-order chi connectivity index (χ1) is 22.6. The summed E-state index contributed by atoms with van der Waals surface area (Å²) in [6.07, 6.45) is 10.8. The number of carbonyl (C=O) groups is 1. The molecule has 10 nitrogen and oxygen atoms in total. The number of anilines is 1. The van der Waals surface area contributed by atoms with Crippen LogP contribution in [-0.2, 0) is 4.74 Å². The second kappa shape index (κ2) is 11.4. The third-order valence-corrected chi connectivity index (χ3v) is 10.6. The van der Waals surface area contributed by atoms with Crippen molar-refractivity contribution in [3.8, 4) is 17.3 Å². The summed E-state index contributed by atoms with van der Waals surface area (Å²) in [6, 6.07) is 5.55. The maximum absolute atomic E-state index is 16.8. The SMILES string of the molecule is CC(C)(C)OC(=O)N1[C@@H]2CC[C@H]1CN(c1nc(OCC34CCCN3CCC4)nc3c(F)c(-c4cncc5cccc(Cl)c45)ncc13)C2. The Morgan fingerprint density at radius 1 is 1.06 bits per heavy atom. The number of fused-ring (bicyclic) bond motifs is 5. The molecule has 1 aromatic carbocycles. The third-order valence-electron chi connectivity index (χ3n) is 10.3. The van der Waals surface area contributed by atoms with Crippen molar-refractivity contribution in [2.75, 3.05) is 37.7 Å². The van der Waals surface area contributed by atoms with Gasteiger partial charge in [0.05, 0.1) is 23.0 Å². The number of aromatic nitrogens is 4. The van der Waals surface area contributed by atoms with Gasteiger partial charge in [-0.25, -0.2) is 9.18 Å². The van der Waals surface area contributed by atoms with Crippen molar-refractivity contribution in [1.82, 2.24) is 29.7 Å². The number of benzene rings is 1. The Labute approximate surface area is 278 Å². The highest BCUT2D eigenvalue weighted by molar-refractivity contribution is 6.36. The highest BCUT2D eigenvalue weighted by atomic mass is 35.5. The molecule has 4 aliphatic heterocycles. The van der Waals surface area contributed by atoms with E-state index in [1.54, 1.807) is 24.7 Å². The fraction of sp³-hybridized carbons (Fsp3) is 0.514. The van der Waals surface area contributed by atoms with Gasteiger partial charge in [0, 0.05) is 53.0 Å². The van der Waals surface area contributed by atoms with Crippen LogP contribution in [0.3, 0.4) is 0 Å². The largest absolute Gasteiger partial charge is 0.461 e. The Hall–Kier alpha value is -3.83. The van der Waals surface area contributed by atoms with Gasteiger partial charge in [0.1, 0.15) is 29.2 Å². The summed E-state index contributed by atoms with van der Waals surface area (Å²) in [6.45, 7) is 9.31. The number of carbonyl (C=O) groups excluding carboxylic acids is 1. The minimum absolute atomic E-state index is 0.0239. The summed E-state index contributed by atoms with van der Waals surface area (Å²) >= 11 is 6.61. The highest BCUT2D eigenvalue weighted by Crippen LogP contribution is 2.41. The van der Waals surface area contributed by atoms with Crippen LogP contribution in [0.2, 0.25) is 5.02 Å². The molecule has 4 fully saturated rings. The van der Waals surface area contributed by atoms with E-state index >= 15 is 4.39 Å². The number of halogens is 2. The number of hydrogen-bond acceptors (Lipinski definition) is 9. The molecular formula is C35H39ClFN7O3. The molecule has 47 heavy (non-hydrogen) atoms. The van der Waals surface area contributed by atoms with Crippen molar-refractivity contribution < 1.29 is 18.7 Å². The Morgan fingerprint density at radius 3 is 2.53 bits per heavy atom. The van der Waals surface area contributed by atoms with Crippen molar-refractivity contribution in [2.45, 2.75) is 82.5 Å². The van der Waals surface area contributed by atoms with E-state index in [0.29, 0.717) is 46.9 Å². The van der Waals surface area contributed by atoms with Crippen molar-refractivity contribution >= 4 is 45.2 Å². The Balaban J connectivity index is 1.20. The number of piperazine rings is 1. The van der Waals surface area contributed by atoms with Crippen LogP contribution in [0.1, 0.15) is 59.3 Å². The molecule has 2 atom stereocenters. The lowest BCUT2D eigenvalue weighted by molar-refractivity contribution is 0.0122. The molecule has 0 radical (unpaired) electrons. The number of hydrogen-bond donors (Lipinski definition) is 0. The van der Waals surface area contributed by atoms with Crippen LogP contribution in [0, 0.1) is 5.82 Å². The van der Waals surface area contributed by atoms with Crippen molar-refractivity contribution in [1.29, 1.82) is 0 Å². The van der Waals surface area contributed by atoms with Crippen molar-refractivity contribution in [2.24, 2.45) is 0 Å². The summed E-state index contributed by atoms with van der Waals surface area (Å²) in [5.41, 5.74) is 0.134. The van der Waals surface area contributed by atoms with Gasteiger partial charge in [-0.05, 0) is 78.5 Å². The minimum Gasteiger partial charge on any atom is -0.461 e. The zero-order chi connectivity index (χ0) is 32.5. The first kappa shape index (κ1) is 30.5. The summed E-state index contributed by atoms with van der Waals surface area (Å²) in [7, 11) is 0. The van der Waals surface area contributed by atoms with E-state index in [0.717, 1.165) is 57.0 Å². The molecule has 4 aliphatic rings. The molecule has 12 heteroatoms. The molecule has 0 saturated carbocycles. The van der Waals surface area contributed by atoms with Gasteiger partial charge in [-0.15, -0.1) is 0 Å². The normalized spacial score (nSPS) is 22.3. The van der Waals surface area contributed by atoms with E-state index in [2.05, 4.69) is 19.8 Å². The van der Waals surface area contributed by atoms with Gasteiger partial charge in [-0.3, -0.25) is 19.8 Å². The fourth-order valence-corrected chi connectivity index (χ4v) is 8.52. The maximum Gasteiger partial charge on any atom is 0.410 e. The number of amides is 1. The number of pyridine rings is 2. The zero-order valence-electron chi connectivity index (χ0n) is 27.0. The Kier molecular flexibility index (Phi) is 7.40. The fourth-order valence-electron chi connectivity index (χ4n) is 8.23. The molecule has 8 rings (SSSR count). The minimum atomic E-state index is -0.582. The standard InChI is InChI=1S/C35H39ClFN7O3/c1-34(2,3)47-33(45)44-22-9-10-23(44)19-42(18-22)31-25-17-39-29(24-16-38-15-21-7-4-8-26(36)27(21)24)28(37)30(25)40-32(41-31)46-20-35-11-5-13-43(35)14-6-12-35/h4,7-8,15-17,22-23H,5-6,9-14,18-20H2,1-3H3/t22-,23+. The van der Waals surface area contributed by atoms with Gasteiger partial charge < -0.3 is 14.4 Å². The molecule has 246 valence electrons. The van der Waals surface area contributed by atoms with Gasteiger partial charge in [0.2, 0.25) is 0 Å². The second-order valence-electron chi connectivity index (χ2n) is 14.4. The first-order valence-corrected chi connectivity index (χ1v) is 17.0. The Bertz CT molecular complexity index is 1850. The van der Waals surface area contributed by atoms with Crippen LogP contribution in [0.4, 0.5) is 15.0 Å². The molecule has 7 heterocycles. The molecule has 0 spiro atoms. The summed E-state index contributed by atoms with van der Waals surface area (Å²) in [4.78, 5) is 38.3. The Morgan fingerprint density at radius 2 is 1.81 bits per heavy atom. The van der Waals surface area contributed by atoms with Crippen molar-refractivity contribution in [3.63, 3.8) is 0 Å². The van der Waals surface area contributed by atoms with Crippen LogP contribution in [-0.4, -0.2) is 91.8 Å². The van der Waals surface area contributed by atoms with Crippen LogP contribution < -0.4 is 9.64 Å². The van der Waals surface area contributed by atoms with Crippen LogP contribution >= 0.6 is 11.6 Å². The molecular weight excluding hydrogens is 621 g/mol. The molecule has 0 aliphatic carbocycles. The van der Waals surface area contributed by atoms with Gasteiger partial charge in [-0.2, -0.15) is 9.97 Å². The van der Waals surface area contributed by atoms with Crippen molar-refractivity contribution in [3.05, 3.63) is 47.6 Å². The van der Waals surface area contributed by atoms with E-state index < -0.39 is 11.4 Å². The first-order valence-electron chi connectivity index (χ1n) is 16.6. The monoisotopic (exact) mass is 659 g/mol. The predicted molar refractivity (Wildman–Crippen MR) is 178 cm³/mol. The average Bonchev–Trinajstić information content (AvgIpc) is 3.70. The van der Waals surface area contributed by atoms with E-state index in [4.69, 9.17) is 31.0 Å². The zero-order valence-corrected chi connectivity index (χ0v) is 27.8. The van der Waals surface area contributed by atoms with E-state index in [9.17, 15) is 4.79 Å². The maximum atomic E-state index is 16.8. The highest BCUT2D eigenvalue weighted by Gasteiger charge is 2.46. The quantitative estimate of drug-likeness (QED) is 0.234. The third kappa shape index (κ3) is 5.31. The lowest BCUT2D eigenvalue weighted by Crippen LogP contribution is -2.57. The van der Waals surface area contributed by atoms with Gasteiger partial charge in [0.25, 0.3) is 0 Å². The van der Waals surface area contributed by atoms with E-state index in [1.165, 1.54) is 0 Å². The van der Waals surface area contributed by atoms with Gasteiger partial charge >= 0.3 is 12.1 Å². The smallest absolute Gasteiger partial charge is 0.410 e. The number of nitrogens with zero attached hydrogens (tertiary/aromatic N) is 7. The molecule has 4 saturated heterocycles. The summed E-state index contributed by atoms with van der Waals surface area (Å²) in [5, 5.41) is 2.45. The molecule has 0 N–H and O–H groups in total. The summed E-state index contributed by atoms with van der Waals surface area (Å²) in [5.74, 6) is -0.0212. The summed E-state index contributed by atoms with van der Waals surface area (Å²) < 4.78 is 29.0. The molecule has 3 aromatic heterocycles. The molecule has 1 amide bonds. The van der Waals surface area contributed by atoms with Gasteiger partial charge in [-0.1, -0.05) is 23.7 Å². The predicted octanol–water partition coefficient (Wildman–Crippen LogP) is 6.63. The van der Waals surface area contributed by atoms with Crippen LogP contribution in [0.25, 0.3) is 32.9 Å². The average molecular weight is 660 g/mol. The molecule has 4 aromatic rings. The van der Waals surface area contributed by atoms with Gasteiger partial charge in [0.15, 0.2) is 5.82 Å². The molecule has 0 unspecified atom stereocenters. The van der Waals surface area contributed by atoms with E-state index in [1.807, 2.05) is 37.8 Å². The lowest BCUT2D eigenvalue weighted by Gasteiger charge is -2.42. The van der Waals surface area contributed by atoms with E-state index in [-0.39, 0.29) is 40.9 Å². The van der Waals surface area contributed by atoms with Crippen LogP contribution in [0.15, 0.2) is 36.8 Å². The molecule has 2 bridgehead atoms. The topological polar surface area (TPSA) is 96.8 Å². The second-order valence-corrected chi connectivity index (χ2v) is 14.8. The number of ether oxygens (including phenoxy) is 2.